The Morgan fingerprint density at radius 1 is 1.47 bits per heavy atom. The van der Waals surface area contributed by atoms with E-state index in [4.69, 9.17) is 0 Å². The molecule has 0 amide bonds. The third-order valence-corrected chi connectivity index (χ3v) is 4.56. The summed E-state index contributed by atoms with van der Waals surface area (Å²) in [5.74, 6) is 0.0306. The zero-order chi connectivity index (χ0) is 12.4. The highest BCUT2D eigenvalue weighted by molar-refractivity contribution is 8.00. The van der Waals surface area contributed by atoms with Crippen LogP contribution in [0.3, 0.4) is 0 Å². The van der Waals surface area contributed by atoms with E-state index < -0.39 is 0 Å². The molecule has 90 valence electrons. The number of hydrogen-bond donors (Lipinski definition) is 0. The minimum atomic E-state index is -0.244. The van der Waals surface area contributed by atoms with Gasteiger partial charge < -0.3 is 4.74 Å². The zero-order valence-corrected chi connectivity index (χ0v) is 11.4. The fourth-order valence-corrected chi connectivity index (χ4v) is 3.40. The number of esters is 1. The van der Waals surface area contributed by atoms with E-state index in [0.29, 0.717) is 0 Å². The molecule has 0 spiro atoms. The van der Waals surface area contributed by atoms with Crippen LogP contribution in [-0.4, -0.2) is 28.8 Å². The van der Waals surface area contributed by atoms with Gasteiger partial charge in [-0.1, -0.05) is 11.8 Å². The van der Waals surface area contributed by atoms with Gasteiger partial charge >= 0.3 is 5.97 Å². The summed E-state index contributed by atoms with van der Waals surface area (Å²) in [4.78, 5) is 21.8. The minimum absolute atomic E-state index is 0.244. The molecule has 17 heavy (non-hydrogen) atoms. The molecule has 0 fully saturated rings. The Kier molecular flexibility index (Phi) is 3.63. The van der Waals surface area contributed by atoms with Gasteiger partial charge in [-0.05, 0) is 19.4 Å². The molecule has 0 aromatic carbocycles. The molecule has 0 saturated heterocycles. The average Bonchev–Trinajstić information content (AvgIpc) is 2.63. The SMILES string of the molecule is COC(=O)CSc1ncnc2sc(C)c(C)c12. The molecule has 2 heterocycles. The van der Waals surface area contributed by atoms with Crippen LogP contribution in [0.5, 0.6) is 0 Å². The van der Waals surface area contributed by atoms with E-state index in [9.17, 15) is 4.79 Å². The Morgan fingerprint density at radius 3 is 2.94 bits per heavy atom. The molecular weight excluding hydrogens is 256 g/mol. The first-order chi connectivity index (χ1) is 8.13. The number of thioether (sulfide) groups is 1. The molecule has 2 aromatic rings. The van der Waals surface area contributed by atoms with Gasteiger partial charge in [0.25, 0.3) is 0 Å². The molecule has 6 heteroatoms. The van der Waals surface area contributed by atoms with Crippen molar-refractivity contribution in [1.82, 2.24) is 9.97 Å². The number of aromatic nitrogens is 2. The van der Waals surface area contributed by atoms with Gasteiger partial charge in [-0.2, -0.15) is 0 Å². The monoisotopic (exact) mass is 268 g/mol. The molecule has 0 aliphatic carbocycles. The Labute approximate surface area is 107 Å². The largest absolute Gasteiger partial charge is 0.468 e. The van der Waals surface area contributed by atoms with Gasteiger partial charge in [-0.25, -0.2) is 9.97 Å². The number of ether oxygens (including phenoxy) is 1. The lowest BCUT2D eigenvalue weighted by molar-refractivity contribution is -0.137. The maximum atomic E-state index is 11.1. The van der Waals surface area contributed by atoms with Crippen LogP contribution in [-0.2, 0) is 9.53 Å². The maximum Gasteiger partial charge on any atom is 0.316 e. The summed E-state index contributed by atoms with van der Waals surface area (Å²) in [5.41, 5.74) is 1.19. The van der Waals surface area contributed by atoms with Crippen molar-refractivity contribution in [3.8, 4) is 0 Å². The number of carbonyl (C=O) groups is 1. The van der Waals surface area contributed by atoms with Crippen molar-refractivity contribution in [3.63, 3.8) is 0 Å². The van der Waals surface area contributed by atoms with Gasteiger partial charge in [0.2, 0.25) is 0 Å². The molecule has 2 aromatic heterocycles. The van der Waals surface area contributed by atoms with Crippen LogP contribution in [0, 0.1) is 13.8 Å². The Hall–Kier alpha value is -1.14. The number of nitrogens with zero attached hydrogens (tertiary/aromatic N) is 2. The summed E-state index contributed by atoms with van der Waals surface area (Å²) in [6.07, 6.45) is 1.54. The third-order valence-electron chi connectivity index (χ3n) is 2.48. The van der Waals surface area contributed by atoms with E-state index in [-0.39, 0.29) is 11.7 Å². The van der Waals surface area contributed by atoms with Crippen molar-refractivity contribution in [2.24, 2.45) is 0 Å². The highest BCUT2D eigenvalue weighted by Gasteiger charge is 2.13. The molecule has 0 saturated carbocycles. The molecule has 0 radical (unpaired) electrons. The number of rotatable bonds is 3. The van der Waals surface area contributed by atoms with Crippen molar-refractivity contribution in [3.05, 3.63) is 16.8 Å². The molecule has 0 N–H and O–H groups in total. The van der Waals surface area contributed by atoms with Crippen LogP contribution < -0.4 is 0 Å². The molecule has 2 rings (SSSR count). The highest BCUT2D eigenvalue weighted by Crippen LogP contribution is 2.34. The van der Waals surface area contributed by atoms with Crippen molar-refractivity contribution in [1.29, 1.82) is 0 Å². The summed E-state index contributed by atoms with van der Waals surface area (Å²) in [6.45, 7) is 4.12. The number of fused-ring (bicyclic) bond motifs is 1. The highest BCUT2D eigenvalue weighted by atomic mass is 32.2. The van der Waals surface area contributed by atoms with Crippen LogP contribution in [0.1, 0.15) is 10.4 Å². The van der Waals surface area contributed by atoms with Crippen molar-refractivity contribution >= 4 is 39.3 Å². The van der Waals surface area contributed by atoms with E-state index in [0.717, 1.165) is 15.2 Å². The third kappa shape index (κ3) is 2.42. The summed E-state index contributed by atoms with van der Waals surface area (Å²) in [6, 6.07) is 0. The van der Waals surface area contributed by atoms with E-state index in [1.54, 1.807) is 11.3 Å². The molecule has 4 nitrogen and oxygen atoms in total. The first-order valence-electron chi connectivity index (χ1n) is 5.03. The first-order valence-corrected chi connectivity index (χ1v) is 6.84. The minimum Gasteiger partial charge on any atom is -0.468 e. The van der Waals surface area contributed by atoms with Gasteiger partial charge in [0.05, 0.1) is 12.9 Å². The van der Waals surface area contributed by atoms with Crippen LogP contribution in [0.2, 0.25) is 0 Å². The zero-order valence-electron chi connectivity index (χ0n) is 9.81. The summed E-state index contributed by atoms with van der Waals surface area (Å²) in [7, 11) is 1.39. The fourth-order valence-electron chi connectivity index (χ4n) is 1.45. The second-order valence-electron chi connectivity index (χ2n) is 3.51. The molecule has 0 bridgehead atoms. The summed E-state index contributed by atoms with van der Waals surface area (Å²) < 4.78 is 4.62. The molecule has 0 atom stereocenters. The van der Waals surface area contributed by atoms with Gasteiger partial charge in [0.15, 0.2) is 0 Å². The summed E-state index contributed by atoms with van der Waals surface area (Å²) in [5, 5.41) is 1.91. The van der Waals surface area contributed by atoms with Crippen molar-refractivity contribution in [2.75, 3.05) is 12.9 Å². The van der Waals surface area contributed by atoms with Gasteiger partial charge in [0.1, 0.15) is 16.2 Å². The average molecular weight is 268 g/mol. The summed E-state index contributed by atoms with van der Waals surface area (Å²) >= 11 is 3.04. The number of thiophene rings is 1. The van der Waals surface area contributed by atoms with Gasteiger partial charge in [0, 0.05) is 10.3 Å². The maximum absolute atomic E-state index is 11.1. The smallest absolute Gasteiger partial charge is 0.316 e. The van der Waals surface area contributed by atoms with Crippen LogP contribution >= 0.6 is 23.1 Å². The fraction of sp³-hybridized carbons (Fsp3) is 0.364. The van der Waals surface area contributed by atoms with Crippen molar-refractivity contribution in [2.45, 2.75) is 18.9 Å². The quantitative estimate of drug-likeness (QED) is 0.486. The lowest BCUT2D eigenvalue weighted by atomic mass is 10.2. The Balaban J connectivity index is 2.37. The van der Waals surface area contributed by atoms with Crippen LogP contribution in [0.25, 0.3) is 10.2 Å². The second kappa shape index (κ2) is 5.01. The Morgan fingerprint density at radius 2 is 2.24 bits per heavy atom. The number of hydrogen-bond acceptors (Lipinski definition) is 6. The van der Waals surface area contributed by atoms with E-state index in [1.807, 2.05) is 0 Å². The van der Waals surface area contributed by atoms with E-state index in [2.05, 4.69) is 28.6 Å². The van der Waals surface area contributed by atoms with Gasteiger partial charge in [-0.15, -0.1) is 11.3 Å². The number of methoxy groups -OCH3 is 1. The normalized spacial score (nSPS) is 10.8. The molecule has 0 unspecified atom stereocenters. The second-order valence-corrected chi connectivity index (χ2v) is 5.67. The topological polar surface area (TPSA) is 52.1 Å². The molecule has 0 aliphatic heterocycles. The molecule has 0 aliphatic rings. The Bertz CT molecular complexity index is 566. The predicted octanol–water partition coefficient (Wildman–Crippen LogP) is 2.57. The van der Waals surface area contributed by atoms with Gasteiger partial charge in [-0.3, -0.25) is 4.79 Å². The van der Waals surface area contributed by atoms with Crippen molar-refractivity contribution < 1.29 is 9.53 Å². The standard InChI is InChI=1S/C11H12N2O2S2/c1-6-7(2)17-11-9(6)10(12-5-13-11)16-4-8(14)15-3/h5H,4H2,1-3H3. The van der Waals surface area contributed by atoms with E-state index >= 15 is 0 Å². The van der Waals surface area contributed by atoms with Crippen LogP contribution in [0.4, 0.5) is 0 Å². The number of aryl methyl sites for hydroxylation is 2. The lowest BCUT2D eigenvalue weighted by Crippen LogP contribution is -2.03. The van der Waals surface area contributed by atoms with E-state index in [1.165, 1.54) is 35.6 Å². The molecular formula is C11H12N2O2S2. The predicted molar refractivity (Wildman–Crippen MR) is 69.6 cm³/mol. The number of carbonyl (C=O) groups excluding carboxylic acids is 1. The first kappa shape index (κ1) is 12.3. The lowest BCUT2D eigenvalue weighted by Gasteiger charge is -2.02. The van der Waals surface area contributed by atoms with Crippen LogP contribution in [0.15, 0.2) is 11.4 Å².